The van der Waals surface area contributed by atoms with Crippen molar-refractivity contribution in [1.29, 1.82) is 0 Å². The first kappa shape index (κ1) is 17.2. The van der Waals surface area contributed by atoms with Gasteiger partial charge >= 0.3 is 0 Å². The molecule has 0 aliphatic heterocycles. The SMILES string of the molecule is COCC(C)NC(=NC(CN(C)C)C(C)C)NN. The van der Waals surface area contributed by atoms with Gasteiger partial charge in [-0.25, -0.2) is 10.8 Å². The number of ether oxygens (including phenoxy) is 1. The summed E-state index contributed by atoms with van der Waals surface area (Å²) in [5.41, 5.74) is 2.61. The van der Waals surface area contributed by atoms with Gasteiger partial charge in [-0.3, -0.25) is 5.43 Å². The molecule has 0 amide bonds. The summed E-state index contributed by atoms with van der Waals surface area (Å²) in [6.07, 6.45) is 0. The van der Waals surface area contributed by atoms with Crippen molar-refractivity contribution in [2.75, 3.05) is 34.4 Å². The molecule has 0 aromatic rings. The molecule has 0 aliphatic carbocycles. The van der Waals surface area contributed by atoms with Gasteiger partial charge in [0, 0.05) is 19.7 Å². The number of nitrogens with one attached hydrogen (secondary N) is 2. The Kier molecular flexibility index (Phi) is 8.70. The lowest BCUT2D eigenvalue weighted by atomic mass is 10.1. The summed E-state index contributed by atoms with van der Waals surface area (Å²) < 4.78 is 5.07. The third-order valence-corrected chi connectivity index (χ3v) is 2.55. The number of methoxy groups -OCH3 is 1. The quantitative estimate of drug-likeness (QED) is 0.260. The maximum atomic E-state index is 5.50. The smallest absolute Gasteiger partial charge is 0.206 e. The molecular weight excluding hydrogens is 230 g/mol. The second-order valence-corrected chi connectivity index (χ2v) is 5.20. The van der Waals surface area contributed by atoms with E-state index in [1.54, 1.807) is 7.11 Å². The molecule has 0 radical (unpaired) electrons. The van der Waals surface area contributed by atoms with Crippen LogP contribution >= 0.6 is 0 Å². The lowest BCUT2D eigenvalue weighted by molar-refractivity contribution is 0.179. The van der Waals surface area contributed by atoms with Gasteiger partial charge < -0.3 is 15.0 Å². The summed E-state index contributed by atoms with van der Waals surface area (Å²) in [6, 6.07) is 0.366. The van der Waals surface area contributed by atoms with E-state index in [1.807, 2.05) is 21.0 Å². The molecule has 0 aromatic heterocycles. The second kappa shape index (κ2) is 9.13. The molecule has 0 bridgehead atoms. The van der Waals surface area contributed by atoms with E-state index >= 15 is 0 Å². The normalized spacial score (nSPS) is 15.9. The van der Waals surface area contributed by atoms with Gasteiger partial charge in [-0.2, -0.15) is 0 Å². The fraction of sp³-hybridized carbons (Fsp3) is 0.917. The van der Waals surface area contributed by atoms with Crippen molar-refractivity contribution in [1.82, 2.24) is 15.6 Å². The molecule has 0 aliphatic rings. The first-order valence-electron chi connectivity index (χ1n) is 6.35. The van der Waals surface area contributed by atoms with Crippen LogP contribution in [0.3, 0.4) is 0 Å². The molecule has 6 heteroatoms. The minimum atomic E-state index is 0.164. The van der Waals surface area contributed by atoms with Crippen LogP contribution in [0.1, 0.15) is 20.8 Å². The van der Waals surface area contributed by atoms with E-state index in [2.05, 4.69) is 34.5 Å². The highest BCUT2D eigenvalue weighted by Crippen LogP contribution is 2.07. The number of likely N-dealkylation sites (N-methyl/N-ethyl adjacent to an activating group) is 1. The molecule has 0 aromatic carbocycles. The Balaban J connectivity index is 4.60. The summed E-state index contributed by atoms with van der Waals surface area (Å²) >= 11 is 0. The average Bonchev–Trinajstić information content (AvgIpc) is 2.26. The molecule has 0 saturated heterocycles. The summed E-state index contributed by atoms with van der Waals surface area (Å²) in [4.78, 5) is 6.75. The van der Waals surface area contributed by atoms with Gasteiger partial charge in [0.15, 0.2) is 0 Å². The van der Waals surface area contributed by atoms with Crippen LogP contribution in [0.25, 0.3) is 0 Å². The van der Waals surface area contributed by atoms with E-state index in [0.717, 1.165) is 6.54 Å². The van der Waals surface area contributed by atoms with Crippen LogP contribution in [0, 0.1) is 5.92 Å². The Bertz CT molecular complexity index is 243. The summed E-state index contributed by atoms with van der Waals surface area (Å²) in [7, 11) is 5.76. The van der Waals surface area contributed by atoms with Crippen LogP contribution in [0.4, 0.5) is 0 Å². The Hall–Kier alpha value is -0.850. The largest absolute Gasteiger partial charge is 0.383 e. The predicted molar refractivity (Wildman–Crippen MR) is 76.4 cm³/mol. The number of nitrogens with two attached hydrogens (primary N) is 1. The van der Waals surface area contributed by atoms with Gasteiger partial charge in [-0.15, -0.1) is 0 Å². The fourth-order valence-electron chi connectivity index (χ4n) is 1.58. The predicted octanol–water partition coefficient (Wildman–Crippen LogP) is 0.0164. The molecule has 0 heterocycles. The standard InChI is InChI=1S/C12H29N5O/c1-9(2)11(7-17(4)5)15-12(16-13)14-10(3)8-18-6/h9-11H,7-8,13H2,1-6H3,(H2,14,15,16). The van der Waals surface area contributed by atoms with E-state index in [1.165, 1.54) is 0 Å². The summed E-state index contributed by atoms with van der Waals surface area (Å²) in [6.45, 7) is 7.84. The number of rotatable bonds is 7. The van der Waals surface area contributed by atoms with Crippen LogP contribution in [0.2, 0.25) is 0 Å². The van der Waals surface area contributed by atoms with E-state index in [9.17, 15) is 0 Å². The zero-order chi connectivity index (χ0) is 14.1. The fourth-order valence-corrected chi connectivity index (χ4v) is 1.58. The number of nitrogens with zero attached hydrogens (tertiary/aromatic N) is 2. The third kappa shape index (κ3) is 7.47. The minimum Gasteiger partial charge on any atom is -0.383 e. The van der Waals surface area contributed by atoms with Crippen LogP contribution in [-0.4, -0.2) is 57.3 Å². The molecule has 0 saturated carbocycles. The molecule has 4 N–H and O–H groups in total. The number of hydrogen-bond donors (Lipinski definition) is 3. The highest BCUT2D eigenvalue weighted by atomic mass is 16.5. The second-order valence-electron chi connectivity index (χ2n) is 5.20. The molecule has 6 nitrogen and oxygen atoms in total. The van der Waals surface area contributed by atoms with Crippen LogP contribution in [-0.2, 0) is 4.74 Å². The van der Waals surface area contributed by atoms with Crippen molar-refractivity contribution in [3.05, 3.63) is 0 Å². The van der Waals surface area contributed by atoms with Crippen molar-refractivity contribution in [3.8, 4) is 0 Å². The number of hydrazine groups is 1. The van der Waals surface area contributed by atoms with Gasteiger partial charge in [-0.1, -0.05) is 13.8 Å². The van der Waals surface area contributed by atoms with Gasteiger partial charge in [-0.05, 0) is 26.9 Å². The zero-order valence-corrected chi connectivity index (χ0v) is 12.5. The Labute approximate surface area is 111 Å². The number of aliphatic imine (C=N–C) groups is 1. The van der Waals surface area contributed by atoms with Gasteiger partial charge in [0.05, 0.1) is 12.6 Å². The van der Waals surface area contributed by atoms with Gasteiger partial charge in [0.25, 0.3) is 0 Å². The van der Waals surface area contributed by atoms with E-state index in [0.29, 0.717) is 18.5 Å². The number of hydrogen-bond acceptors (Lipinski definition) is 4. The van der Waals surface area contributed by atoms with Crippen LogP contribution < -0.4 is 16.6 Å². The highest BCUT2D eigenvalue weighted by molar-refractivity contribution is 5.79. The van der Waals surface area contributed by atoms with Crippen molar-refractivity contribution in [3.63, 3.8) is 0 Å². The maximum absolute atomic E-state index is 5.50. The lowest BCUT2D eigenvalue weighted by Gasteiger charge is -2.23. The van der Waals surface area contributed by atoms with Crippen molar-refractivity contribution >= 4 is 5.96 Å². The average molecular weight is 259 g/mol. The molecule has 108 valence electrons. The van der Waals surface area contributed by atoms with E-state index in [-0.39, 0.29) is 12.1 Å². The Morgan fingerprint density at radius 1 is 1.33 bits per heavy atom. The van der Waals surface area contributed by atoms with Gasteiger partial charge in [0.2, 0.25) is 5.96 Å². The minimum absolute atomic E-state index is 0.164. The molecule has 0 rings (SSSR count). The molecule has 0 spiro atoms. The molecule has 2 unspecified atom stereocenters. The third-order valence-electron chi connectivity index (χ3n) is 2.55. The molecule has 18 heavy (non-hydrogen) atoms. The maximum Gasteiger partial charge on any atom is 0.206 e. The molecule has 0 fully saturated rings. The molecular formula is C12H29N5O. The van der Waals surface area contributed by atoms with E-state index in [4.69, 9.17) is 10.6 Å². The zero-order valence-electron chi connectivity index (χ0n) is 12.5. The lowest BCUT2D eigenvalue weighted by Crippen LogP contribution is -2.48. The summed E-state index contributed by atoms with van der Waals surface area (Å²) in [5.74, 6) is 6.56. The van der Waals surface area contributed by atoms with Crippen molar-refractivity contribution in [2.24, 2.45) is 16.8 Å². The van der Waals surface area contributed by atoms with Crippen LogP contribution in [0.5, 0.6) is 0 Å². The van der Waals surface area contributed by atoms with Gasteiger partial charge in [0.1, 0.15) is 0 Å². The first-order valence-corrected chi connectivity index (χ1v) is 6.35. The molecule has 2 atom stereocenters. The highest BCUT2D eigenvalue weighted by Gasteiger charge is 2.15. The summed E-state index contributed by atoms with van der Waals surface area (Å²) in [5, 5.41) is 3.20. The van der Waals surface area contributed by atoms with Crippen LogP contribution in [0.15, 0.2) is 4.99 Å². The van der Waals surface area contributed by atoms with Crippen molar-refractivity contribution < 1.29 is 4.74 Å². The number of guanidine groups is 1. The topological polar surface area (TPSA) is 74.9 Å². The Morgan fingerprint density at radius 3 is 2.33 bits per heavy atom. The Morgan fingerprint density at radius 2 is 1.94 bits per heavy atom. The first-order chi connectivity index (χ1) is 8.40. The monoisotopic (exact) mass is 259 g/mol. The van der Waals surface area contributed by atoms with Crippen molar-refractivity contribution in [2.45, 2.75) is 32.9 Å². The van der Waals surface area contributed by atoms with E-state index < -0.39 is 0 Å².